The lowest BCUT2D eigenvalue weighted by molar-refractivity contribution is -0.121. The van der Waals surface area contributed by atoms with E-state index in [1.54, 1.807) is 0 Å². The minimum absolute atomic E-state index is 0.137. The van der Waals surface area contributed by atoms with Gasteiger partial charge in [-0.25, -0.2) is 0 Å². The summed E-state index contributed by atoms with van der Waals surface area (Å²) in [5.41, 5.74) is 0. The number of carbonyl (C=O) groups is 1. The monoisotopic (exact) mass is 225 g/mol. The molecule has 3 nitrogen and oxygen atoms in total. The summed E-state index contributed by atoms with van der Waals surface area (Å²) in [6.45, 7) is 0.764. The molecule has 0 saturated heterocycles. The maximum atomic E-state index is 11.5. The topological polar surface area (TPSA) is 49.3 Å². The molecule has 2 saturated carbocycles. The standard InChI is InChI=1S/C13H23NO2/c15-12-3-1-2-11(8-12)9-14-13(16)7-6-10-4-5-10/h10-12,15H,1-9H2,(H,14,16). The second kappa shape index (κ2) is 5.67. The highest BCUT2D eigenvalue weighted by Gasteiger charge is 2.23. The Morgan fingerprint density at radius 1 is 1.19 bits per heavy atom. The van der Waals surface area contributed by atoms with Gasteiger partial charge in [0, 0.05) is 13.0 Å². The second-order valence-electron chi connectivity index (χ2n) is 5.47. The van der Waals surface area contributed by atoms with Crippen molar-refractivity contribution in [2.75, 3.05) is 6.54 Å². The van der Waals surface area contributed by atoms with E-state index in [1.165, 1.54) is 12.8 Å². The summed E-state index contributed by atoms with van der Waals surface area (Å²) in [6.07, 6.45) is 8.32. The summed E-state index contributed by atoms with van der Waals surface area (Å²) in [4.78, 5) is 11.5. The number of hydrogen-bond donors (Lipinski definition) is 2. The van der Waals surface area contributed by atoms with Crippen LogP contribution in [0.2, 0.25) is 0 Å². The van der Waals surface area contributed by atoms with Gasteiger partial charge in [-0.3, -0.25) is 4.79 Å². The molecule has 2 atom stereocenters. The molecule has 0 heterocycles. The first-order chi connectivity index (χ1) is 7.74. The van der Waals surface area contributed by atoms with Crippen LogP contribution in [0.3, 0.4) is 0 Å². The fourth-order valence-corrected chi connectivity index (χ4v) is 2.54. The highest BCUT2D eigenvalue weighted by molar-refractivity contribution is 5.75. The molecule has 92 valence electrons. The third kappa shape index (κ3) is 4.12. The van der Waals surface area contributed by atoms with Gasteiger partial charge in [-0.2, -0.15) is 0 Å². The van der Waals surface area contributed by atoms with Gasteiger partial charge in [0.2, 0.25) is 5.91 Å². The third-order valence-corrected chi connectivity index (χ3v) is 3.82. The number of amides is 1. The van der Waals surface area contributed by atoms with Gasteiger partial charge in [0.25, 0.3) is 0 Å². The van der Waals surface area contributed by atoms with Crippen molar-refractivity contribution in [1.29, 1.82) is 0 Å². The van der Waals surface area contributed by atoms with E-state index in [9.17, 15) is 9.90 Å². The minimum atomic E-state index is -0.137. The Morgan fingerprint density at radius 3 is 2.69 bits per heavy atom. The number of rotatable bonds is 5. The van der Waals surface area contributed by atoms with Crippen LogP contribution in [0, 0.1) is 11.8 Å². The summed E-state index contributed by atoms with van der Waals surface area (Å²) >= 11 is 0. The second-order valence-corrected chi connectivity index (χ2v) is 5.47. The average molecular weight is 225 g/mol. The van der Waals surface area contributed by atoms with E-state index in [0.717, 1.165) is 44.6 Å². The van der Waals surface area contributed by atoms with Crippen LogP contribution in [0.1, 0.15) is 51.4 Å². The molecule has 2 unspecified atom stereocenters. The molecule has 0 aromatic carbocycles. The molecule has 1 amide bonds. The molecular formula is C13H23NO2. The highest BCUT2D eigenvalue weighted by Crippen LogP contribution is 2.33. The summed E-state index contributed by atoms with van der Waals surface area (Å²) in [5.74, 6) is 1.53. The van der Waals surface area contributed by atoms with Crippen LogP contribution < -0.4 is 5.32 Å². The summed E-state index contributed by atoms with van der Waals surface area (Å²) in [6, 6.07) is 0. The smallest absolute Gasteiger partial charge is 0.220 e. The predicted molar refractivity (Wildman–Crippen MR) is 62.9 cm³/mol. The lowest BCUT2D eigenvalue weighted by Gasteiger charge is -2.25. The Balaban J connectivity index is 1.56. The van der Waals surface area contributed by atoms with Gasteiger partial charge in [-0.05, 0) is 37.5 Å². The SMILES string of the molecule is O=C(CCC1CC1)NCC1CCCC(O)C1. The molecular weight excluding hydrogens is 202 g/mol. The van der Waals surface area contributed by atoms with Crippen LogP contribution >= 0.6 is 0 Å². The molecule has 0 radical (unpaired) electrons. The fraction of sp³-hybridized carbons (Fsp3) is 0.923. The van der Waals surface area contributed by atoms with Gasteiger partial charge in [-0.1, -0.05) is 19.3 Å². The Kier molecular flexibility index (Phi) is 4.22. The number of hydrogen-bond acceptors (Lipinski definition) is 2. The molecule has 2 N–H and O–H groups in total. The van der Waals surface area contributed by atoms with E-state index in [1.807, 2.05) is 0 Å². The Hall–Kier alpha value is -0.570. The predicted octanol–water partition coefficient (Wildman–Crippen LogP) is 1.84. The molecule has 16 heavy (non-hydrogen) atoms. The van der Waals surface area contributed by atoms with Crippen LogP contribution in [0.5, 0.6) is 0 Å². The average Bonchev–Trinajstić information content (AvgIpc) is 3.07. The molecule has 3 heteroatoms. The highest BCUT2D eigenvalue weighted by atomic mass is 16.3. The van der Waals surface area contributed by atoms with Gasteiger partial charge in [0.1, 0.15) is 0 Å². The van der Waals surface area contributed by atoms with E-state index in [0.29, 0.717) is 12.3 Å². The van der Waals surface area contributed by atoms with Gasteiger partial charge in [0.05, 0.1) is 6.10 Å². The van der Waals surface area contributed by atoms with Crippen LogP contribution in [-0.2, 0) is 4.79 Å². The molecule has 0 spiro atoms. The zero-order valence-electron chi connectivity index (χ0n) is 9.95. The van der Waals surface area contributed by atoms with Crippen molar-refractivity contribution >= 4 is 5.91 Å². The molecule has 0 aromatic heterocycles. The van der Waals surface area contributed by atoms with E-state index >= 15 is 0 Å². The Bertz CT molecular complexity index is 238. The Labute approximate surface area is 97.6 Å². The van der Waals surface area contributed by atoms with E-state index < -0.39 is 0 Å². The van der Waals surface area contributed by atoms with Crippen molar-refractivity contribution < 1.29 is 9.90 Å². The molecule has 2 aliphatic rings. The summed E-state index contributed by atoms with van der Waals surface area (Å²) in [7, 11) is 0. The lowest BCUT2D eigenvalue weighted by Crippen LogP contribution is -2.32. The summed E-state index contributed by atoms with van der Waals surface area (Å²) < 4.78 is 0. The molecule has 2 aliphatic carbocycles. The summed E-state index contributed by atoms with van der Waals surface area (Å²) in [5, 5.41) is 12.5. The molecule has 2 rings (SSSR count). The molecule has 0 aromatic rings. The van der Waals surface area contributed by atoms with Crippen molar-refractivity contribution in [2.24, 2.45) is 11.8 Å². The first-order valence-corrected chi connectivity index (χ1v) is 6.69. The van der Waals surface area contributed by atoms with E-state index in [2.05, 4.69) is 5.32 Å². The first-order valence-electron chi connectivity index (χ1n) is 6.69. The molecule has 2 fully saturated rings. The zero-order chi connectivity index (χ0) is 11.4. The van der Waals surface area contributed by atoms with E-state index in [4.69, 9.17) is 0 Å². The number of aliphatic hydroxyl groups is 1. The number of carbonyl (C=O) groups excluding carboxylic acids is 1. The normalized spacial score (nSPS) is 30.1. The first kappa shape index (κ1) is 11.9. The van der Waals surface area contributed by atoms with Crippen LogP contribution in [-0.4, -0.2) is 23.7 Å². The van der Waals surface area contributed by atoms with E-state index in [-0.39, 0.29) is 12.0 Å². The van der Waals surface area contributed by atoms with Crippen molar-refractivity contribution in [3.05, 3.63) is 0 Å². The number of aliphatic hydroxyl groups excluding tert-OH is 1. The minimum Gasteiger partial charge on any atom is -0.393 e. The third-order valence-electron chi connectivity index (χ3n) is 3.82. The van der Waals surface area contributed by atoms with Crippen molar-refractivity contribution in [1.82, 2.24) is 5.32 Å². The van der Waals surface area contributed by atoms with Crippen LogP contribution in [0.4, 0.5) is 0 Å². The zero-order valence-corrected chi connectivity index (χ0v) is 9.95. The van der Waals surface area contributed by atoms with Crippen LogP contribution in [0.15, 0.2) is 0 Å². The number of nitrogens with one attached hydrogen (secondary N) is 1. The molecule has 0 aliphatic heterocycles. The fourth-order valence-electron chi connectivity index (χ4n) is 2.54. The van der Waals surface area contributed by atoms with Crippen molar-refractivity contribution in [3.8, 4) is 0 Å². The van der Waals surface area contributed by atoms with Crippen molar-refractivity contribution in [3.63, 3.8) is 0 Å². The van der Waals surface area contributed by atoms with Gasteiger partial charge in [0.15, 0.2) is 0 Å². The lowest BCUT2D eigenvalue weighted by atomic mass is 9.87. The largest absolute Gasteiger partial charge is 0.393 e. The maximum Gasteiger partial charge on any atom is 0.220 e. The Morgan fingerprint density at radius 2 is 2.00 bits per heavy atom. The van der Waals surface area contributed by atoms with Crippen LogP contribution in [0.25, 0.3) is 0 Å². The maximum absolute atomic E-state index is 11.5. The molecule has 0 bridgehead atoms. The van der Waals surface area contributed by atoms with Gasteiger partial charge in [-0.15, -0.1) is 0 Å². The quantitative estimate of drug-likeness (QED) is 0.750. The van der Waals surface area contributed by atoms with Crippen molar-refractivity contribution in [2.45, 2.75) is 57.5 Å². The van der Waals surface area contributed by atoms with Gasteiger partial charge < -0.3 is 10.4 Å². The van der Waals surface area contributed by atoms with Gasteiger partial charge >= 0.3 is 0 Å².